The number of aromatic amines is 2. The van der Waals surface area contributed by atoms with Gasteiger partial charge in [0, 0.05) is 120 Å². The summed E-state index contributed by atoms with van der Waals surface area (Å²) < 4.78 is 22.0. The molecule has 21 aromatic rings. The lowest BCUT2D eigenvalue weighted by molar-refractivity contribution is 0.00578. The van der Waals surface area contributed by atoms with Gasteiger partial charge in [-0.05, 0) is 117 Å². The molecule has 113 heavy (non-hydrogen) atoms. The van der Waals surface area contributed by atoms with Gasteiger partial charge in [0.05, 0.1) is 76.3 Å². The molecule has 24 rings (SSSR count). The van der Waals surface area contributed by atoms with Crippen LogP contribution in [0.15, 0.2) is 322 Å². The molecule has 0 radical (unpaired) electrons. The number of nitrogens with zero attached hydrogens (tertiary/aromatic N) is 4. The molecule has 3 aliphatic heterocycles. The molecule has 0 saturated carbocycles. The molecule has 3 aliphatic rings. The van der Waals surface area contributed by atoms with Gasteiger partial charge in [-0.1, -0.05) is 313 Å². The van der Waals surface area contributed by atoms with Crippen molar-refractivity contribution in [1.82, 2.24) is 28.1 Å². The Kier molecular flexibility index (Phi) is 18.5. The second kappa shape index (κ2) is 28.3. The Morgan fingerprint density at radius 3 is 1.18 bits per heavy atom. The maximum Gasteiger partial charge on any atom is 0.497 e. The molecule has 8 nitrogen and oxygen atoms in total. The molecule has 1 fully saturated rings. The quantitative estimate of drug-likeness (QED) is 0.172. The van der Waals surface area contributed by atoms with Crippen molar-refractivity contribution in [2.75, 3.05) is 0 Å². The highest BCUT2D eigenvalue weighted by Crippen LogP contribution is 2.46. The van der Waals surface area contributed by atoms with Gasteiger partial charge in [-0.25, -0.2) is 0 Å². The van der Waals surface area contributed by atoms with E-state index in [1.165, 1.54) is 114 Å². The van der Waals surface area contributed by atoms with Crippen LogP contribution in [0.4, 0.5) is 0 Å². The Morgan fingerprint density at radius 2 is 0.637 bits per heavy atom. The Hall–Kier alpha value is -12.0. The van der Waals surface area contributed by atoms with Crippen LogP contribution in [0.3, 0.4) is 0 Å². The van der Waals surface area contributed by atoms with Gasteiger partial charge in [0.2, 0.25) is 0 Å². The van der Waals surface area contributed by atoms with Crippen LogP contribution < -0.4 is 16.4 Å². The first-order valence-electron chi connectivity index (χ1n) is 37.1. The predicted octanol–water partition coefficient (Wildman–Crippen LogP) is 26.8. The monoisotopic (exact) mass is 1530 g/mol. The van der Waals surface area contributed by atoms with Gasteiger partial charge >= 0.3 is 14.0 Å². The van der Waals surface area contributed by atoms with Crippen molar-refractivity contribution in [3.05, 3.63) is 337 Å². The number of fused-ring (bicyclic) bond motifs is 22. The van der Waals surface area contributed by atoms with Gasteiger partial charge < -0.3 is 37.5 Å². The van der Waals surface area contributed by atoms with E-state index >= 15 is 0 Å². The number of H-pyrrole nitrogens is 2. The first-order chi connectivity index (χ1) is 53.4. The zero-order valence-electron chi connectivity index (χ0n) is 60.0. The van der Waals surface area contributed by atoms with E-state index in [-0.39, 0.29) is 54.9 Å². The SMILES string of the molecule is C.C.C.C.CC1(C)OB(c2cccc3c2[nH]c2ccccc23)OC1(C)C.Clc1c(-c2cccc3c2[nH]c2ccccc23)cccc1-n1c2ccccc2c2ccccc21.Clc1cccc(-n2c3ccccc3c3ccccc32)c1Cl.c1cc2c3c(c1)-n1c4ccccc4c4cccc(c41)B3n1c3ccccc3c3cccc-2c31. The van der Waals surface area contributed by atoms with E-state index in [2.05, 4.69) is 341 Å². The Labute approximate surface area is 673 Å². The third kappa shape index (κ3) is 11.2. The molecule has 1 saturated heterocycles. The molecule has 13 heteroatoms. The summed E-state index contributed by atoms with van der Waals surface area (Å²) >= 11 is 19.8. The van der Waals surface area contributed by atoms with E-state index in [0.29, 0.717) is 10.0 Å². The second-order valence-electron chi connectivity index (χ2n) is 29.7. The van der Waals surface area contributed by atoms with Crippen LogP contribution in [-0.4, -0.2) is 53.3 Å². The summed E-state index contributed by atoms with van der Waals surface area (Å²) in [5, 5.41) is 17.0. The van der Waals surface area contributed by atoms with Crippen LogP contribution >= 0.6 is 34.8 Å². The van der Waals surface area contributed by atoms with Gasteiger partial charge in [-0.15, -0.1) is 0 Å². The summed E-state index contributed by atoms with van der Waals surface area (Å²) in [6.07, 6.45) is 0. The lowest BCUT2D eigenvalue weighted by Crippen LogP contribution is -2.55. The van der Waals surface area contributed by atoms with Crippen LogP contribution in [0.25, 0.3) is 170 Å². The molecular weight excluding hydrogens is 1450 g/mol. The molecule has 2 N–H and O–H groups in total. The fraction of sp³-hybridized carbons (Fsp3) is 0.100. The summed E-state index contributed by atoms with van der Waals surface area (Å²) in [5.41, 5.74) is 25.6. The first kappa shape index (κ1) is 73.8. The number of benzene rings is 15. The van der Waals surface area contributed by atoms with Gasteiger partial charge in [-0.2, -0.15) is 0 Å². The molecular formula is C100H83B2Cl3N6O2. The molecule has 0 spiro atoms. The molecule has 0 bridgehead atoms. The number of nitrogens with one attached hydrogen (secondary N) is 2. The number of aromatic nitrogens is 6. The van der Waals surface area contributed by atoms with Crippen molar-refractivity contribution in [3.8, 4) is 39.3 Å². The lowest BCUT2D eigenvalue weighted by Gasteiger charge is -2.33. The average molecular weight is 1530 g/mol. The van der Waals surface area contributed by atoms with E-state index in [1.54, 1.807) is 6.07 Å². The molecule has 552 valence electrons. The molecule has 0 aliphatic carbocycles. The van der Waals surface area contributed by atoms with Crippen molar-refractivity contribution in [2.24, 2.45) is 0 Å². The first-order valence-corrected chi connectivity index (χ1v) is 38.2. The number of para-hydroxylation sites is 12. The summed E-state index contributed by atoms with van der Waals surface area (Å²) in [6, 6.07) is 114. The maximum atomic E-state index is 7.20. The minimum atomic E-state index is -0.346. The highest BCUT2D eigenvalue weighted by atomic mass is 35.5. The minimum absolute atomic E-state index is 0. The van der Waals surface area contributed by atoms with E-state index in [4.69, 9.17) is 44.1 Å². The van der Waals surface area contributed by atoms with Crippen LogP contribution in [0.5, 0.6) is 0 Å². The number of hydrogen-bond donors (Lipinski definition) is 2. The summed E-state index contributed by atoms with van der Waals surface area (Å²) in [5.74, 6) is 0. The normalized spacial score (nSPS) is 13.4. The topological polar surface area (TPSA) is 69.8 Å². The number of hydrogen-bond acceptors (Lipinski definition) is 2. The van der Waals surface area contributed by atoms with Crippen molar-refractivity contribution in [2.45, 2.75) is 68.6 Å². The fourth-order valence-corrected chi connectivity index (χ4v) is 18.5. The molecule has 0 amide bonds. The van der Waals surface area contributed by atoms with Crippen molar-refractivity contribution >= 4 is 196 Å². The van der Waals surface area contributed by atoms with Crippen LogP contribution in [0.2, 0.25) is 15.1 Å². The van der Waals surface area contributed by atoms with Crippen molar-refractivity contribution < 1.29 is 9.31 Å². The fourth-order valence-electron chi connectivity index (χ4n) is 17.8. The molecule has 0 unspecified atom stereocenters. The summed E-state index contributed by atoms with van der Waals surface area (Å²) in [7, 11) is -0.346. The molecule has 15 aromatic carbocycles. The van der Waals surface area contributed by atoms with Gasteiger partial charge in [0.25, 0.3) is 0 Å². The summed E-state index contributed by atoms with van der Waals surface area (Å²) in [6.45, 7) is 8.49. The third-order valence-corrected chi connectivity index (χ3v) is 24.6. The van der Waals surface area contributed by atoms with Gasteiger partial charge in [0.1, 0.15) is 0 Å². The smallest absolute Gasteiger partial charge is 0.399 e. The third-order valence-electron chi connectivity index (χ3n) is 23.4. The van der Waals surface area contributed by atoms with Crippen molar-refractivity contribution in [3.63, 3.8) is 0 Å². The lowest BCUT2D eigenvalue weighted by atomic mass is 9.45. The molecule has 0 atom stereocenters. The average Bonchev–Trinajstić information content (AvgIpc) is 1.51. The van der Waals surface area contributed by atoms with Crippen LogP contribution in [-0.2, 0) is 9.31 Å². The Bertz CT molecular complexity index is 7240. The Balaban J connectivity index is 0.000000110. The summed E-state index contributed by atoms with van der Waals surface area (Å²) in [4.78, 5) is 7.14. The largest absolute Gasteiger partial charge is 0.497 e. The predicted molar refractivity (Wildman–Crippen MR) is 489 cm³/mol. The molecule has 9 heterocycles. The van der Waals surface area contributed by atoms with Crippen molar-refractivity contribution in [1.29, 1.82) is 0 Å². The van der Waals surface area contributed by atoms with E-state index < -0.39 is 0 Å². The van der Waals surface area contributed by atoms with Crippen LogP contribution in [0.1, 0.15) is 57.4 Å². The number of rotatable bonds is 4. The van der Waals surface area contributed by atoms with E-state index in [0.717, 1.165) is 77.1 Å². The van der Waals surface area contributed by atoms with E-state index in [1.807, 2.05) is 30.3 Å². The zero-order valence-corrected chi connectivity index (χ0v) is 62.3. The zero-order chi connectivity index (χ0) is 73.1. The standard InChI is InChI=1S/C30H17BN2.C30H19ClN2.C18H20BNO2.C18H11Cl2N.4CH4/c1-3-15-25-18(8-1)22-13-6-14-24-30(22)32(25)27-17-7-10-20-23-12-5-11-21-19-9-2-4-16-26(19)33(29(21)23)31(24)28(20)27;31-29-22(24-14-7-13-23-19-9-1-4-15-25(19)32-30(23)24)12-8-18-28(29)33-26-16-5-2-10-20(26)21-11-3-6-17-27(21)33;1-17(2)18(3,4)22-19(21-17)14-10-7-9-13-12-8-5-6-11-15(12)20-16(13)14;19-14-8-5-11-17(18(14)20)21-15-9-3-1-6-12(15)13-7-2-4-10-16(13)21;;;;/h1-17H;1-18,32H;5-11,20H,1-4H3;1-11H;4*1H4. The second-order valence-corrected chi connectivity index (χ2v) is 30.9. The maximum absolute atomic E-state index is 7.20. The molecule has 6 aromatic heterocycles. The highest BCUT2D eigenvalue weighted by molar-refractivity contribution is 6.90. The number of halogens is 3. The van der Waals surface area contributed by atoms with Gasteiger partial charge in [0.15, 0.2) is 0 Å². The highest BCUT2D eigenvalue weighted by Gasteiger charge is 2.52. The van der Waals surface area contributed by atoms with Crippen LogP contribution in [0, 0.1) is 0 Å². The van der Waals surface area contributed by atoms with E-state index in [9.17, 15) is 0 Å². The minimum Gasteiger partial charge on any atom is -0.399 e. The van der Waals surface area contributed by atoms with Gasteiger partial charge in [-0.3, -0.25) is 0 Å². The Morgan fingerprint density at radius 1 is 0.283 bits per heavy atom.